The van der Waals surface area contributed by atoms with Crippen molar-refractivity contribution < 1.29 is 4.74 Å². The van der Waals surface area contributed by atoms with Crippen molar-refractivity contribution >= 4 is 0 Å². The van der Waals surface area contributed by atoms with Crippen molar-refractivity contribution in [2.24, 2.45) is 17.1 Å². The van der Waals surface area contributed by atoms with Crippen molar-refractivity contribution in [3.8, 4) is 0 Å². The molecule has 0 saturated heterocycles. The predicted molar refractivity (Wildman–Crippen MR) is 84.7 cm³/mol. The third-order valence-electron chi connectivity index (χ3n) is 4.63. The molecule has 2 heteroatoms. The lowest BCUT2D eigenvalue weighted by Crippen LogP contribution is -2.44. The first-order chi connectivity index (χ1) is 9.47. The second kappa shape index (κ2) is 6.73. The minimum atomic E-state index is 0.212. The Kier molecular flexibility index (Phi) is 5.22. The third-order valence-corrected chi connectivity index (χ3v) is 4.63. The number of hydrogen-bond donors (Lipinski definition) is 1. The smallest absolute Gasteiger partial charge is 0.0728 e. The summed E-state index contributed by atoms with van der Waals surface area (Å²) in [5.41, 5.74) is 7.94. The van der Waals surface area contributed by atoms with E-state index in [-0.39, 0.29) is 12.1 Å². The summed E-state index contributed by atoms with van der Waals surface area (Å²) in [6, 6.07) is 10.7. The van der Waals surface area contributed by atoms with Crippen molar-refractivity contribution in [3.05, 3.63) is 35.9 Å². The van der Waals surface area contributed by atoms with Crippen LogP contribution in [-0.2, 0) is 11.2 Å². The fourth-order valence-corrected chi connectivity index (χ4v) is 3.10. The summed E-state index contributed by atoms with van der Waals surface area (Å²) in [4.78, 5) is 0. The van der Waals surface area contributed by atoms with Crippen LogP contribution in [0.4, 0.5) is 0 Å². The van der Waals surface area contributed by atoms with Crippen LogP contribution in [0.3, 0.4) is 0 Å². The van der Waals surface area contributed by atoms with Gasteiger partial charge in [0.1, 0.15) is 0 Å². The summed E-state index contributed by atoms with van der Waals surface area (Å²) in [5, 5.41) is 0. The zero-order chi connectivity index (χ0) is 14.6. The molecule has 0 bridgehead atoms. The van der Waals surface area contributed by atoms with E-state index in [4.69, 9.17) is 10.5 Å². The molecule has 20 heavy (non-hydrogen) atoms. The molecule has 3 atom stereocenters. The molecule has 1 aromatic rings. The van der Waals surface area contributed by atoms with Crippen LogP contribution in [0.15, 0.2) is 30.3 Å². The van der Waals surface area contributed by atoms with E-state index in [0.717, 1.165) is 31.8 Å². The van der Waals surface area contributed by atoms with Gasteiger partial charge < -0.3 is 10.5 Å². The number of rotatable bonds is 4. The Hall–Kier alpha value is -0.860. The van der Waals surface area contributed by atoms with Gasteiger partial charge >= 0.3 is 0 Å². The molecule has 1 saturated carbocycles. The Morgan fingerprint density at radius 1 is 1.15 bits per heavy atom. The molecule has 1 aliphatic rings. The van der Waals surface area contributed by atoms with E-state index in [2.05, 4.69) is 51.1 Å². The van der Waals surface area contributed by atoms with Crippen LogP contribution < -0.4 is 5.73 Å². The van der Waals surface area contributed by atoms with Crippen LogP contribution in [0.25, 0.3) is 0 Å². The maximum Gasteiger partial charge on any atom is 0.0728 e. The van der Waals surface area contributed by atoms with Gasteiger partial charge in [-0.05, 0) is 42.6 Å². The molecule has 1 aliphatic carbocycles. The van der Waals surface area contributed by atoms with Crippen molar-refractivity contribution in [3.63, 3.8) is 0 Å². The molecule has 3 unspecified atom stereocenters. The molecule has 0 heterocycles. The van der Waals surface area contributed by atoms with E-state index < -0.39 is 0 Å². The topological polar surface area (TPSA) is 35.2 Å². The maximum absolute atomic E-state index is 6.24. The van der Waals surface area contributed by atoms with Gasteiger partial charge in [-0.1, -0.05) is 51.1 Å². The maximum atomic E-state index is 6.24. The van der Waals surface area contributed by atoms with Crippen LogP contribution in [-0.4, -0.2) is 18.8 Å². The highest BCUT2D eigenvalue weighted by Crippen LogP contribution is 2.38. The van der Waals surface area contributed by atoms with Crippen molar-refractivity contribution in [2.45, 2.75) is 58.6 Å². The highest BCUT2D eigenvalue weighted by atomic mass is 16.5. The molecule has 0 aliphatic heterocycles. The van der Waals surface area contributed by atoms with Gasteiger partial charge in [-0.15, -0.1) is 0 Å². The van der Waals surface area contributed by atoms with Gasteiger partial charge in [0.05, 0.1) is 12.7 Å². The van der Waals surface area contributed by atoms with Gasteiger partial charge in [0, 0.05) is 6.04 Å². The summed E-state index contributed by atoms with van der Waals surface area (Å²) in [6.07, 6.45) is 4.65. The van der Waals surface area contributed by atoms with E-state index in [1.165, 1.54) is 12.0 Å². The van der Waals surface area contributed by atoms with Gasteiger partial charge in [0.25, 0.3) is 0 Å². The van der Waals surface area contributed by atoms with Crippen molar-refractivity contribution in [2.75, 3.05) is 6.61 Å². The highest BCUT2D eigenvalue weighted by molar-refractivity contribution is 5.14. The van der Waals surface area contributed by atoms with Gasteiger partial charge in [-0.3, -0.25) is 0 Å². The van der Waals surface area contributed by atoms with Crippen molar-refractivity contribution in [1.82, 2.24) is 0 Å². The lowest BCUT2D eigenvalue weighted by atomic mass is 9.70. The molecule has 2 rings (SSSR count). The molecular weight excluding hydrogens is 246 g/mol. The first kappa shape index (κ1) is 15.5. The average Bonchev–Trinajstić information content (AvgIpc) is 2.41. The highest BCUT2D eigenvalue weighted by Gasteiger charge is 2.34. The largest absolute Gasteiger partial charge is 0.376 e. The number of hydrogen-bond acceptors (Lipinski definition) is 2. The second-order valence-corrected chi connectivity index (χ2v) is 7.18. The van der Waals surface area contributed by atoms with E-state index in [0.29, 0.717) is 5.41 Å². The molecule has 0 spiro atoms. The summed E-state index contributed by atoms with van der Waals surface area (Å²) in [6.45, 7) is 7.76. The Balaban J connectivity index is 1.81. The third kappa shape index (κ3) is 4.32. The molecule has 112 valence electrons. The zero-order valence-electron chi connectivity index (χ0n) is 13.1. The summed E-state index contributed by atoms with van der Waals surface area (Å²) >= 11 is 0. The molecule has 2 nitrogen and oxygen atoms in total. The summed E-state index contributed by atoms with van der Waals surface area (Å²) in [5.74, 6) is 0.726. The second-order valence-electron chi connectivity index (χ2n) is 7.18. The fourth-order valence-electron chi connectivity index (χ4n) is 3.10. The Labute approximate surface area is 123 Å². The minimum Gasteiger partial charge on any atom is -0.376 e. The monoisotopic (exact) mass is 275 g/mol. The fraction of sp³-hybridized carbons (Fsp3) is 0.667. The average molecular weight is 275 g/mol. The Morgan fingerprint density at radius 2 is 1.85 bits per heavy atom. The van der Waals surface area contributed by atoms with Gasteiger partial charge in [-0.25, -0.2) is 0 Å². The Morgan fingerprint density at radius 3 is 2.50 bits per heavy atom. The SMILES string of the molecule is CC(C)(C)C1CCC(N)C(OCCc2ccccc2)C1. The lowest BCUT2D eigenvalue weighted by molar-refractivity contribution is -0.0176. The minimum absolute atomic E-state index is 0.212. The molecule has 0 radical (unpaired) electrons. The van der Waals surface area contributed by atoms with E-state index in [1.807, 2.05) is 0 Å². The molecule has 0 aromatic heterocycles. The van der Waals surface area contributed by atoms with Gasteiger partial charge in [0.15, 0.2) is 0 Å². The predicted octanol–water partition coefficient (Wildman–Crippen LogP) is 3.79. The number of benzene rings is 1. The van der Waals surface area contributed by atoms with E-state index in [9.17, 15) is 0 Å². The van der Waals surface area contributed by atoms with Crippen LogP contribution in [0.2, 0.25) is 0 Å². The lowest BCUT2D eigenvalue weighted by Gasteiger charge is -2.40. The summed E-state index contributed by atoms with van der Waals surface area (Å²) < 4.78 is 6.10. The molecule has 2 N–H and O–H groups in total. The van der Waals surface area contributed by atoms with Crippen LogP contribution >= 0.6 is 0 Å². The van der Waals surface area contributed by atoms with Crippen LogP contribution in [0.5, 0.6) is 0 Å². The molecule has 1 aromatic carbocycles. The molecule has 0 amide bonds. The first-order valence-electron chi connectivity index (χ1n) is 7.88. The standard InChI is InChI=1S/C18H29NO/c1-18(2,3)15-9-10-16(19)17(13-15)20-12-11-14-7-5-4-6-8-14/h4-8,15-17H,9-13,19H2,1-3H3. The van der Waals surface area contributed by atoms with Gasteiger partial charge in [0.2, 0.25) is 0 Å². The Bertz CT molecular complexity index is 396. The van der Waals surface area contributed by atoms with Gasteiger partial charge in [-0.2, -0.15) is 0 Å². The summed E-state index contributed by atoms with van der Waals surface area (Å²) in [7, 11) is 0. The number of ether oxygens (including phenoxy) is 1. The number of nitrogens with two attached hydrogens (primary N) is 1. The normalized spacial score (nSPS) is 27.5. The molecule has 1 fully saturated rings. The quantitative estimate of drug-likeness (QED) is 0.907. The van der Waals surface area contributed by atoms with Crippen molar-refractivity contribution in [1.29, 1.82) is 0 Å². The zero-order valence-corrected chi connectivity index (χ0v) is 13.1. The van der Waals surface area contributed by atoms with E-state index >= 15 is 0 Å². The molecular formula is C18H29NO. The first-order valence-corrected chi connectivity index (χ1v) is 7.88. The van der Waals surface area contributed by atoms with Crippen LogP contribution in [0.1, 0.15) is 45.6 Å². The van der Waals surface area contributed by atoms with E-state index in [1.54, 1.807) is 0 Å². The van der Waals surface area contributed by atoms with Crippen LogP contribution in [0, 0.1) is 11.3 Å².